The Morgan fingerprint density at radius 1 is 1.23 bits per heavy atom. The minimum absolute atomic E-state index is 0.109. The van der Waals surface area contributed by atoms with Gasteiger partial charge in [0, 0.05) is 12.6 Å². The summed E-state index contributed by atoms with van der Waals surface area (Å²) in [4.78, 5) is 36.9. The van der Waals surface area contributed by atoms with Crippen molar-refractivity contribution in [3.8, 4) is 11.5 Å². The van der Waals surface area contributed by atoms with E-state index >= 15 is 0 Å². The van der Waals surface area contributed by atoms with Crippen LogP contribution in [0.4, 0.5) is 4.79 Å². The highest BCUT2D eigenvalue weighted by molar-refractivity contribution is 6.01. The standard InChI is InChI=1S/C17H17NO8/c1-9(15(19)11-4-5-12-13(6-11)24-8-23-12)18(3)16(20)22-7-14-10(2)25-17(21)26-14/h4-6,9H,7-8H2,1-3H3/t9-/m1/s1. The second-order valence-electron chi connectivity index (χ2n) is 5.71. The number of amides is 1. The zero-order valence-corrected chi connectivity index (χ0v) is 14.4. The second-order valence-corrected chi connectivity index (χ2v) is 5.71. The number of nitrogens with zero attached hydrogens (tertiary/aromatic N) is 1. The molecule has 1 atom stereocenters. The van der Waals surface area contributed by atoms with Gasteiger partial charge in [0.2, 0.25) is 6.79 Å². The van der Waals surface area contributed by atoms with Gasteiger partial charge in [0.1, 0.15) is 0 Å². The Balaban J connectivity index is 1.63. The molecule has 0 saturated heterocycles. The van der Waals surface area contributed by atoms with Crippen LogP contribution >= 0.6 is 0 Å². The topological polar surface area (TPSA) is 108 Å². The monoisotopic (exact) mass is 363 g/mol. The van der Waals surface area contributed by atoms with Crippen LogP contribution in [0, 0.1) is 6.92 Å². The molecule has 1 aromatic heterocycles. The second kappa shape index (κ2) is 6.95. The van der Waals surface area contributed by atoms with E-state index < -0.39 is 18.0 Å². The number of carbonyl (C=O) groups is 2. The van der Waals surface area contributed by atoms with E-state index in [4.69, 9.17) is 18.6 Å². The van der Waals surface area contributed by atoms with E-state index in [0.717, 1.165) is 4.90 Å². The Kier molecular flexibility index (Phi) is 4.70. The van der Waals surface area contributed by atoms with E-state index in [-0.39, 0.29) is 30.7 Å². The molecule has 0 fully saturated rings. The van der Waals surface area contributed by atoms with Crippen LogP contribution in [0.15, 0.2) is 31.8 Å². The first-order valence-corrected chi connectivity index (χ1v) is 7.79. The first-order valence-electron chi connectivity index (χ1n) is 7.79. The van der Waals surface area contributed by atoms with Crippen molar-refractivity contribution in [1.82, 2.24) is 4.90 Å². The molecule has 0 bridgehead atoms. The summed E-state index contributed by atoms with van der Waals surface area (Å²) >= 11 is 0. The molecule has 0 radical (unpaired) electrons. The van der Waals surface area contributed by atoms with Crippen molar-refractivity contribution < 1.29 is 32.6 Å². The molecule has 0 spiro atoms. The molecule has 2 heterocycles. The van der Waals surface area contributed by atoms with Crippen LogP contribution in [-0.4, -0.2) is 36.7 Å². The molecular weight excluding hydrogens is 346 g/mol. The maximum Gasteiger partial charge on any atom is 0.519 e. The van der Waals surface area contributed by atoms with Gasteiger partial charge in [-0.3, -0.25) is 4.79 Å². The summed E-state index contributed by atoms with van der Waals surface area (Å²) in [6, 6.07) is 4.05. The number of ketones is 1. The Morgan fingerprint density at radius 3 is 2.65 bits per heavy atom. The number of likely N-dealkylation sites (N-methyl/N-ethyl adjacent to an activating group) is 1. The third-order valence-electron chi connectivity index (χ3n) is 4.07. The predicted octanol–water partition coefficient (Wildman–Crippen LogP) is 2.11. The fourth-order valence-corrected chi connectivity index (χ4v) is 2.36. The molecule has 1 aromatic carbocycles. The van der Waals surface area contributed by atoms with Gasteiger partial charge in [-0.2, -0.15) is 0 Å². The number of benzene rings is 1. The Morgan fingerprint density at radius 2 is 1.96 bits per heavy atom. The predicted molar refractivity (Wildman–Crippen MR) is 86.3 cm³/mol. The lowest BCUT2D eigenvalue weighted by molar-refractivity contribution is 0.0714. The average Bonchev–Trinajstić information content (AvgIpc) is 3.22. The van der Waals surface area contributed by atoms with Gasteiger partial charge < -0.3 is 27.9 Å². The zero-order valence-electron chi connectivity index (χ0n) is 14.4. The molecule has 0 saturated carbocycles. The highest BCUT2D eigenvalue weighted by atomic mass is 16.7. The molecule has 9 nitrogen and oxygen atoms in total. The summed E-state index contributed by atoms with van der Waals surface area (Å²) < 4.78 is 25.0. The highest BCUT2D eigenvalue weighted by Gasteiger charge is 2.26. The molecule has 1 aliphatic rings. The average molecular weight is 363 g/mol. The third kappa shape index (κ3) is 3.41. The lowest BCUT2D eigenvalue weighted by Crippen LogP contribution is -2.40. The minimum Gasteiger partial charge on any atom is -0.454 e. The van der Waals surface area contributed by atoms with Crippen molar-refractivity contribution in [3.63, 3.8) is 0 Å². The van der Waals surface area contributed by atoms with Crippen molar-refractivity contribution >= 4 is 11.9 Å². The molecule has 138 valence electrons. The number of rotatable bonds is 5. The van der Waals surface area contributed by atoms with Crippen molar-refractivity contribution in [2.45, 2.75) is 26.5 Å². The highest BCUT2D eigenvalue weighted by Crippen LogP contribution is 2.33. The van der Waals surface area contributed by atoms with Crippen LogP contribution in [0.25, 0.3) is 0 Å². The Bertz CT molecular complexity index is 896. The maximum absolute atomic E-state index is 12.6. The molecule has 0 N–H and O–H groups in total. The van der Waals surface area contributed by atoms with E-state index in [0.29, 0.717) is 17.1 Å². The van der Waals surface area contributed by atoms with Gasteiger partial charge in [0.15, 0.2) is 35.4 Å². The molecular formula is C17H17NO8. The Hall–Kier alpha value is -3.23. The van der Waals surface area contributed by atoms with Crippen molar-refractivity contribution in [3.05, 3.63) is 45.9 Å². The molecule has 3 rings (SSSR count). The first kappa shape index (κ1) is 17.6. The van der Waals surface area contributed by atoms with Crippen LogP contribution in [0.5, 0.6) is 11.5 Å². The summed E-state index contributed by atoms with van der Waals surface area (Å²) in [6.07, 6.45) is -0.741. The van der Waals surface area contributed by atoms with Gasteiger partial charge in [-0.25, -0.2) is 9.59 Å². The summed E-state index contributed by atoms with van der Waals surface area (Å²) in [7, 11) is 1.44. The van der Waals surface area contributed by atoms with Gasteiger partial charge >= 0.3 is 11.9 Å². The van der Waals surface area contributed by atoms with Crippen molar-refractivity contribution in [2.24, 2.45) is 0 Å². The normalized spacial score (nSPS) is 13.3. The van der Waals surface area contributed by atoms with Crippen LogP contribution in [0.2, 0.25) is 0 Å². The van der Waals surface area contributed by atoms with Crippen molar-refractivity contribution in [2.75, 3.05) is 13.8 Å². The van der Waals surface area contributed by atoms with Crippen LogP contribution in [0.1, 0.15) is 28.8 Å². The summed E-state index contributed by atoms with van der Waals surface area (Å²) in [6.45, 7) is 2.94. The number of hydrogen-bond acceptors (Lipinski definition) is 8. The number of aryl methyl sites for hydroxylation is 1. The largest absolute Gasteiger partial charge is 0.519 e. The summed E-state index contributed by atoms with van der Waals surface area (Å²) in [5.41, 5.74) is 0.387. The Labute approximate surface area is 148 Å². The number of hydrogen-bond donors (Lipinski definition) is 0. The van der Waals surface area contributed by atoms with E-state index in [1.54, 1.807) is 25.1 Å². The quantitative estimate of drug-likeness (QED) is 0.743. The zero-order chi connectivity index (χ0) is 18.8. The number of fused-ring (bicyclic) bond motifs is 1. The smallest absolute Gasteiger partial charge is 0.454 e. The maximum atomic E-state index is 12.6. The van der Waals surface area contributed by atoms with Crippen molar-refractivity contribution in [1.29, 1.82) is 0 Å². The molecule has 0 aliphatic carbocycles. The molecule has 1 amide bonds. The van der Waals surface area contributed by atoms with Gasteiger partial charge in [-0.1, -0.05) is 0 Å². The molecule has 0 unspecified atom stereocenters. The SMILES string of the molecule is Cc1oc(=O)oc1COC(=O)N(C)[C@H](C)C(=O)c1ccc2c(c1)OCO2. The third-order valence-corrected chi connectivity index (χ3v) is 4.07. The van der Waals surface area contributed by atoms with E-state index in [2.05, 4.69) is 4.42 Å². The minimum atomic E-state index is -0.867. The van der Waals surface area contributed by atoms with E-state index in [1.807, 2.05) is 0 Å². The number of carbonyl (C=O) groups excluding carboxylic acids is 2. The lowest BCUT2D eigenvalue weighted by Gasteiger charge is -2.23. The molecule has 9 heteroatoms. The summed E-state index contributed by atoms with van der Waals surface area (Å²) in [5, 5.41) is 0. The van der Waals surface area contributed by atoms with Gasteiger partial charge in [-0.05, 0) is 32.0 Å². The fourth-order valence-electron chi connectivity index (χ4n) is 2.36. The first-order chi connectivity index (χ1) is 12.4. The van der Waals surface area contributed by atoms with E-state index in [9.17, 15) is 14.4 Å². The van der Waals surface area contributed by atoms with Gasteiger partial charge in [0.05, 0.1) is 6.04 Å². The molecule has 2 aromatic rings. The van der Waals surface area contributed by atoms with E-state index in [1.165, 1.54) is 14.0 Å². The lowest BCUT2D eigenvalue weighted by atomic mass is 10.0. The van der Waals surface area contributed by atoms with Gasteiger partial charge in [0.25, 0.3) is 0 Å². The van der Waals surface area contributed by atoms with Crippen LogP contribution in [-0.2, 0) is 11.3 Å². The number of Topliss-reactive ketones (excluding diaryl/α,β-unsaturated/α-hetero) is 1. The van der Waals surface area contributed by atoms with Gasteiger partial charge in [-0.15, -0.1) is 0 Å². The van der Waals surface area contributed by atoms with Crippen LogP contribution in [0.3, 0.4) is 0 Å². The summed E-state index contributed by atoms with van der Waals surface area (Å²) in [5.74, 6) is 0.251. The number of ether oxygens (including phenoxy) is 3. The van der Waals surface area contributed by atoms with Crippen LogP contribution < -0.4 is 15.3 Å². The molecule has 1 aliphatic heterocycles. The fraction of sp³-hybridized carbons (Fsp3) is 0.353. The molecule has 26 heavy (non-hydrogen) atoms.